The van der Waals surface area contributed by atoms with Crippen LogP contribution in [0.4, 0.5) is 8.78 Å². The fraction of sp³-hybridized carbons (Fsp3) is 0.364. The molecule has 1 aromatic rings. The molecule has 0 aromatic heterocycles. The van der Waals surface area contributed by atoms with Gasteiger partial charge < -0.3 is 0 Å². The van der Waals surface area contributed by atoms with E-state index in [2.05, 4.69) is 31.9 Å². The van der Waals surface area contributed by atoms with Crippen LogP contribution in [0.2, 0.25) is 0 Å². The smallest absolute Gasteiger partial charge is 0.144 e. The van der Waals surface area contributed by atoms with Gasteiger partial charge in [0, 0.05) is 22.0 Å². The van der Waals surface area contributed by atoms with Gasteiger partial charge in [0.2, 0.25) is 0 Å². The Balaban J connectivity index is 3.18. The Morgan fingerprint density at radius 2 is 1.94 bits per heavy atom. The van der Waals surface area contributed by atoms with Crippen molar-refractivity contribution in [1.29, 1.82) is 0 Å². The maximum atomic E-state index is 13.6. The number of carbonyl (C=O) groups is 1. The SMILES string of the molecule is CC(=O)C(Br)C(C)c1c(F)cc(F)cc1Br. The van der Waals surface area contributed by atoms with Crippen molar-refractivity contribution in [3.8, 4) is 0 Å². The molecule has 1 nitrogen and oxygen atoms in total. The highest BCUT2D eigenvalue weighted by Gasteiger charge is 2.25. The minimum absolute atomic E-state index is 0.0943. The van der Waals surface area contributed by atoms with Gasteiger partial charge in [0.15, 0.2) is 0 Å². The molecule has 88 valence electrons. The quantitative estimate of drug-likeness (QED) is 0.743. The summed E-state index contributed by atoms with van der Waals surface area (Å²) in [5.74, 6) is -1.75. The molecule has 0 spiro atoms. The minimum atomic E-state index is -0.648. The Morgan fingerprint density at radius 1 is 1.38 bits per heavy atom. The molecule has 5 heteroatoms. The molecule has 0 bridgehead atoms. The van der Waals surface area contributed by atoms with E-state index in [-0.39, 0.29) is 11.7 Å². The lowest BCUT2D eigenvalue weighted by molar-refractivity contribution is -0.116. The van der Waals surface area contributed by atoms with Crippen LogP contribution in [0.15, 0.2) is 16.6 Å². The molecule has 0 radical (unpaired) electrons. The van der Waals surface area contributed by atoms with Gasteiger partial charge in [-0.05, 0) is 13.0 Å². The van der Waals surface area contributed by atoms with Crippen LogP contribution in [0, 0.1) is 11.6 Å². The lowest BCUT2D eigenvalue weighted by Gasteiger charge is -2.18. The van der Waals surface area contributed by atoms with Gasteiger partial charge >= 0.3 is 0 Å². The zero-order valence-electron chi connectivity index (χ0n) is 8.73. The fourth-order valence-corrected chi connectivity index (χ4v) is 2.52. The minimum Gasteiger partial charge on any atom is -0.299 e. The van der Waals surface area contributed by atoms with Crippen molar-refractivity contribution in [2.45, 2.75) is 24.6 Å². The second-order valence-corrected chi connectivity index (χ2v) is 5.43. The summed E-state index contributed by atoms with van der Waals surface area (Å²) in [6.45, 7) is 3.13. The maximum Gasteiger partial charge on any atom is 0.144 e. The molecule has 0 aliphatic rings. The van der Waals surface area contributed by atoms with Crippen LogP contribution in [0.3, 0.4) is 0 Å². The van der Waals surface area contributed by atoms with Gasteiger partial charge in [0.25, 0.3) is 0 Å². The third-order valence-corrected chi connectivity index (χ3v) is 4.42. The summed E-state index contributed by atoms with van der Waals surface area (Å²) >= 11 is 6.30. The number of alkyl halides is 1. The van der Waals surface area contributed by atoms with E-state index in [1.165, 1.54) is 13.0 Å². The monoisotopic (exact) mass is 354 g/mol. The summed E-state index contributed by atoms with van der Waals surface area (Å²) in [5, 5.41) is 0. The third kappa shape index (κ3) is 2.88. The van der Waals surface area contributed by atoms with Gasteiger partial charge in [-0.1, -0.05) is 38.8 Å². The second-order valence-electron chi connectivity index (χ2n) is 3.58. The molecule has 2 atom stereocenters. The Hall–Kier alpha value is -0.290. The van der Waals surface area contributed by atoms with Gasteiger partial charge in [-0.15, -0.1) is 0 Å². The Kier molecular flexibility index (Phi) is 4.62. The molecule has 1 aromatic carbocycles. The van der Waals surface area contributed by atoms with Crippen LogP contribution in [0.5, 0.6) is 0 Å². The van der Waals surface area contributed by atoms with E-state index in [4.69, 9.17) is 0 Å². The molecule has 0 fully saturated rings. The zero-order chi connectivity index (χ0) is 12.5. The van der Waals surface area contributed by atoms with Gasteiger partial charge in [0.1, 0.15) is 17.4 Å². The van der Waals surface area contributed by atoms with E-state index in [0.717, 1.165) is 6.07 Å². The zero-order valence-corrected chi connectivity index (χ0v) is 11.9. The summed E-state index contributed by atoms with van der Waals surface area (Å²) in [6, 6.07) is 2.01. The van der Waals surface area contributed by atoms with Crippen LogP contribution < -0.4 is 0 Å². The van der Waals surface area contributed by atoms with Crippen molar-refractivity contribution in [2.24, 2.45) is 0 Å². The summed E-state index contributed by atoms with van der Waals surface area (Å²) in [7, 11) is 0. The first-order valence-electron chi connectivity index (χ1n) is 4.63. The largest absolute Gasteiger partial charge is 0.299 e. The molecular weight excluding hydrogens is 346 g/mol. The van der Waals surface area contributed by atoms with Crippen LogP contribution in [0.1, 0.15) is 25.3 Å². The molecule has 0 aliphatic heterocycles. The van der Waals surface area contributed by atoms with E-state index in [0.29, 0.717) is 10.0 Å². The number of rotatable bonds is 3. The Labute approximate surface area is 109 Å². The molecule has 16 heavy (non-hydrogen) atoms. The number of hydrogen-bond donors (Lipinski definition) is 0. The highest BCUT2D eigenvalue weighted by Crippen LogP contribution is 2.33. The van der Waals surface area contributed by atoms with Crippen LogP contribution >= 0.6 is 31.9 Å². The Bertz CT molecular complexity index is 397. The van der Waals surface area contributed by atoms with Crippen molar-refractivity contribution in [1.82, 2.24) is 0 Å². The van der Waals surface area contributed by atoms with Crippen LogP contribution in [-0.2, 0) is 4.79 Å². The van der Waals surface area contributed by atoms with Crippen molar-refractivity contribution < 1.29 is 13.6 Å². The van der Waals surface area contributed by atoms with E-state index >= 15 is 0 Å². The first-order chi connectivity index (χ1) is 7.34. The van der Waals surface area contributed by atoms with E-state index in [9.17, 15) is 13.6 Å². The lowest BCUT2D eigenvalue weighted by Crippen LogP contribution is -2.19. The van der Waals surface area contributed by atoms with Gasteiger partial charge in [-0.3, -0.25) is 4.79 Å². The number of hydrogen-bond acceptors (Lipinski definition) is 1. The summed E-state index contributed by atoms with van der Waals surface area (Å²) < 4.78 is 26.8. The van der Waals surface area contributed by atoms with Crippen molar-refractivity contribution >= 4 is 37.6 Å². The standard InChI is InChI=1S/C11H10Br2F2O/c1-5(11(13)6(2)16)10-8(12)3-7(14)4-9(10)15/h3-5,11H,1-2H3. The summed E-state index contributed by atoms with van der Waals surface area (Å²) in [5.41, 5.74) is 0.304. The van der Waals surface area contributed by atoms with Gasteiger partial charge in [-0.2, -0.15) is 0 Å². The van der Waals surface area contributed by atoms with Crippen molar-refractivity contribution in [3.63, 3.8) is 0 Å². The van der Waals surface area contributed by atoms with Crippen LogP contribution in [0.25, 0.3) is 0 Å². The fourth-order valence-electron chi connectivity index (χ4n) is 1.49. The predicted molar refractivity (Wildman–Crippen MR) is 65.9 cm³/mol. The number of benzene rings is 1. The highest BCUT2D eigenvalue weighted by molar-refractivity contribution is 9.10. The molecule has 2 unspecified atom stereocenters. The van der Waals surface area contributed by atoms with Crippen LogP contribution in [-0.4, -0.2) is 10.6 Å². The van der Waals surface area contributed by atoms with Crippen molar-refractivity contribution in [2.75, 3.05) is 0 Å². The molecule has 0 amide bonds. The normalized spacial score (nSPS) is 14.6. The van der Waals surface area contributed by atoms with Gasteiger partial charge in [-0.25, -0.2) is 8.78 Å². The molecule has 0 saturated heterocycles. The molecule has 0 N–H and O–H groups in total. The Morgan fingerprint density at radius 3 is 2.38 bits per heavy atom. The molecule has 0 saturated carbocycles. The highest BCUT2D eigenvalue weighted by atomic mass is 79.9. The third-order valence-electron chi connectivity index (χ3n) is 2.33. The lowest BCUT2D eigenvalue weighted by atomic mass is 9.95. The topological polar surface area (TPSA) is 17.1 Å². The number of ketones is 1. The predicted octanol–water partition coefficient (Wildman–Crippen LogP) is 4.18. The first-order valence-corrected chi connectivity index (χ1v) is 6.34. The van der Waals surface area contributed by atoms with E-state index < -0.39 is 16.5 Å². The summed E-state index contributed by atoms with van der Waals surface area (Å²) in [4.78, 5) is 10.7. The molecule has 1 rings (SSSR count). The second kappa shape index (κ2) is 5.36. The maximum absolute atomic E-state index is 13.6. The average Bonchev–Trinajstić information content (AvgIpc) is 2.14. The number of halogens is 4. The number of carbonyl (C=O) groups excluding carboxylic acids is 1. The van der Waals surface area contributed by atoms with E-state index in [1.807, 2.05) is 0 Å². The molecular formula is C11H10Br2F2O. The average molecular weight is 356 g/mol. The first kappa shape index (κ1) is 13.8. The number of Topliss-reactive ketones (excluding diaryl/α,β-unsaturated/α-hetero) is 1. The van der Waals surface area contributed by atoms with Gasteiger partial charge in [0.05, 0.1) is 4.83 Å². The molecule has 0 heterocycles. The van der Waals surface area contributed by atoms with Crippen molar-refractivity contribution in [3.05, 3.63) is 33.8 Å². The van der Waals surface area contributed by atoms with E-state index in [1.54, 1.807) is 6.92 Å². The molecule has 0 aliphatic carbocycles. The summed E-state index contributed by atoms with van der Waals surface area (Å²) in [6.07, 6.45) is 0.